The molecule has 0 saturated heterocycles. The maximum atomic E-state index is 10.8. The van der Waals surface area contributed by atoms with Crippen LogP contribution in [0.5, 0.6) is 17.2 Å². The average Bonchev–Trinajstić information content (AvgIpc) is 2.46. The third kappa shape index (κ3) is 4.65. The first-order chi connectivity index (χ1) is 9.74. The molecule has 0 N–H and O–H groups in total. The van der Waals surface area contributed by atoms with E-state index >= 15 is 0 Å². The van der Waals surface area contributed by atoms with Crippen molar-refractivity contribution in [3.05, 3.63) is 54.6 Å². The van der Waals surface area contributed by atoms with Gasteiger partial charge >= 0.3 is 5.97 Å². The summed E-state index contributed by atoms with van der Waals surface area (Å²) in [6, 6.07) is 16.5. The molecular weight excluding hydrogens is 256 g/mol. The van der Waals surface area contributed by atoms with Gasteiger partial charge in [0.25, 0.3) is 0 Å². The van der Waals surface area contributed by atoms with Gasteiger partial charge in [-0.25, -0.2) is 0 Å². The fraction of sp³-hybridized carbons (Fsp3) is 0.188. The Morgan fingerprint density at radius 2 is 1.30 bits per heavy atom. The van der Waals surface area contributed by atoms with Crippen molar-refractivity contribution in [2.45, 2.75) is 6.92 Å². The van der Waals surface area contributed by atoms with Crippen molar-refractivity contribution in [1.29, 1.82) is 0 Å². The Hall–Kier alpha value is -2.49. The first-order valence-electron chi connectivity index (χ1n) is 6.33. The molecule has 0 heterocycles. The molecule has 0 radical (unpaired) electrons. The van der Waals surface area contributed by atoms with E-state index < -0.39 is 0 Å². The van der Waals surface area contributed by atoms with Gasteiger partial charge in [0.05, 0.1) is 0 Å². The summed E-state index contributed by atoms with van der Waals surface area (Å²) in [6.07, 6.45) is 0. The van der Waals surface area contributed by atoms with Crippen molar-refractivity contribution in [2.24, 2.45) is 0 Å². The van der Waals surface area contributed by atoms with E-state index in [1.807, 2.05) is 30.3 Å². The minimum atomic E-state index is -0.338. The first kappa shape index (κ1) is 13.9. The van der Waals surface area contributed by atoms with Gasteiger partial charge in [-0.3, -0.25) is 4.79 Å². The third-order valence-corrected chi connectivity index (χ3v) is 2.45. The molecule has 0 aliphatic rings. The van der Waals surface area contributed by atoms with Gasteiger partial charge in [0.15, 0.2) is 0 Å². The second-order valence-electron chi connectivity index (χ2n) is 4.08. The highest BCUT2D eigenvalue weighted by Crippen LogP contribution is 2.17. The normalized spacial score (nSPS) is 9.85. The van der Waals surface area contributed by atoms with E-state index in [0.717, 1.165) is 5.75 Å². The molecule has 0 aliphatic carbocycles. The predicted molar refractivity (Wildman–Crippen MR) is 75.2 cm³/mol. The Morgan fingerprint density at radius 3 is 1.85 bits per heavy atom. The summed E-state index contributed by atoms with van der Waals surface area (Å²) in [5.74, 6) is 1.69. The fourth-order valence-corrected chi connectivity index (χ4v) is 1.61. The van der Waals surface area contributed by atoms with Crippen LogP contribution in [0.15, 0.2) is 54.6 Å². The minimum absolute atomic E-state index is 0.338. The van der Waals surface area contributed by atoms with Crippen LogP contribution in [0.25, 0.3) is 0 Å². The summed E-state index contributed by atoms with van der Waals surface area (Å²) in [4.78, 5) is 10.8. The number of carbonyl (C=O) groups is 1. The molecule has 4 nitrogen and oxygen atoms in total. The number of carbonyl (C=O) groups excluding carboxylic acids is 1. The zero-order valence-electron chi connectivity index (χ0n) is 11.2. The highest BCUT2D eigenvalue weighted by molar-refractivity contribution is 5.69. The Balaban J connectivity index is 1.73. The van der Waals surface area contributed by atoms with Crippen LogP contribution in [0.1, 0.15) is 6.92 Å². The van der Waals surface area contributed by atoms with Gasteiger partial charge in [0, 0.05) is 6.92 Å². The van der Waals surface area contributed by atoms with Crippen LogP contribution in [0.4, 0.5) is 0 Å². The molecule has 104 valence electrons. The van der Waals surface area contributed by atoms with Crippen LogP contribution in [0.2, 0.25) is 0 Å². The number of hydrogen-bond donors (Lipinski definition) is 0. The smallest absolute Gasteiger partial charge is 0.308 e. The molecule has 2 rings (SSSR count). The van der Waals surface area contributed by atoms with Gasteiger partial charge in [-0.05, 0) is 36.4 Å². The standard InChI is InChI=1S/C16H16O4/c1-13(17)20-16-9-7-15(8-10-16)19-12-11-18-14-5-3-2-4-6-14/h2-10H,11-12H2,1H3. The van der Waals surface area contributed by atoms with Crippen LogP contribution >= 0.6 is 0 Å². The van der Waals surface area contributed by atoms with Gasteiger partial charge in [0.2, 0.25) is 0 Å². The van der Waals surface area contributed by atoms with E-state index in [-0.39, 0.29) is 5.97 Å². The van der Waals surface area contributed by atoms with Gasteiger partial charge in [-0.1, -0.05) is 18.2 Å². The predicted octanol–water partition coefficient (Wildman–Crippen LogP) is 3.07. The van der Waals surface area contributed by atoms with Crippen molar-refractivity contribution < 1.29 is 19.0 Å². The van der Waals surface area contributed by atoms with Crippen LogP contribution in [0.3, 0.4) is 0 Å². The number of para-hydroxylation sites is 1. The molecule has 2 aromatic rings. The Morgan fingerprint density at radius 1 is 0.800 bits per heavy atom. The van der Waals surface area contributed by atoms with Crippen LogP contribution in [0, 0.1) is 0 Å². The summed E-state index contributed by atoms with van der Waals surface area (Å²) in [5, 5.41) is 0. The molecule has 0 spiro atoms. The second kappa shape index (κ2) is 7.19. The second-order valence-corrected chi connectivity index (χ2v) is 4.08. The zero-order chi connectivity index (χ0) is 14.2. The highest BCUT2D eigenvalue weighted by Gasteiger charge is 1.99. The van der Waals surface area contributed by atoms with E-state index in [1.54, 1.807) is 24.3 Å². The number of hydrogen-bond acceptors (Lipinski definition) is 4. The summed E-state index contributed by atoms with van der Waals surface area (Å²) in [6.45, 7) is 2.28. The zero-order valence-corrected chi connectivity index (χ0v) is 11.2. The Kier molecular flexibility index (Phi) is 5.00. The molecular formula is C16H16O4. The fourth-order valence-electron chi connectivity index (χ4n) is 1.61. The van der Waals surface area contributed by atoms with Crippen molar-refractivity contribution in [3.63, 3.8) is 0 Å². The van der Waals surface area contributed by atoms with Gasteiger partial charge in [-0.2, -0.15) is 0 Å². The lowest BCUT2D eigenvalue weighted by Crippen LogP contribution is -2.09. The molecule has 0 atom stereocenters. The topological polar surface area (TPSA) is 44.8 Å². The molecule has 0 aromatic heterocycles. The van der Waals surface area contributed by atoms with Gasteiger partial charge < -0.3 is 14.2 Å². The SMILES string of the molecule is CC(=O)Oc1ccc(OCCOc2ccccc2)cc1. The third-order valence-electron chi connectivity index (χ3n) is 2.45. The van der Waals surface area contributed by atoms with E-state index in [4.69, 9.17) is 14.2 Å². The van der Waals surface area contributed by atoms with Crippen LogP contribution in [-0.4, -0.2) is 19.2 Å². The summed E-state index contributed by atoms with van der Waals surface area (Å²) >= 11 is 0. The Labute approximate surface area is 117 Å². The number of esters is 1. The van der Waals surface area contributed by atoms with Crippen LogP contribution < -0.4 is 14.2 Å². The van der Waals surface area contributed by atoms with Crippen molar-refractivity contribution >= 4 is 5.97 Å². The molecule has 0 aliphatic heterocycles. The largest absolute Gasteiger partial charge is 0.490 e. The molecule has 0 unspecified atom stereocenters. The highest BCUT2D eigenvalue weighted by atomic mass is 16.5. The van der Waals surface area contributed by atoms with E-state index in [0.29, 0.717) is 24.7 Å². The maximum absolute atomic E-state index is 10.8. The van der Waals surface area contributed by atoms with Gasteiger partial charge in [-0.15, -0.1) is 0 Å². The first-order valence-corrected chi connectivity index (χ1v) is 6.33. The molecule has 0 bridgehead atoms. The lowest BCUT2D eigenvalue weighted by molar-refractivity contribution is -0.131. The van der Waals surface area contributed by atoms with Gasteiger partial charge in [0.1, 0.15) is 30.5 Å². The molecule has 2 aromatic carbocycles. The monoisotopic (exact) mass is 272 g/mol. The minimum Gasteiger partial charge on any atom is -0.490 e. The van der Waals surface area contributed by atoms with Crippen LogP contribution in [-0.2, 0) is 4.79 Å². The summed E-state index contributed by atoms with van der Waals surface area (Å²) in [5.41, 5.74) is 0. The van der Waals surface area contributed by atoms with E-state index in [9.17, 15) is 4.79 Å². The summed E-state index contributed by atoms with van der Waals surface area (Å²) in [7, 11) is 0. The number of benzene rings is 2. The lowest BCUT2D eigenvalue weighted by atomic mass is 10.3. The average molecular weight is 272 g/mol. The quantitative estimate of drug-likeness (QED) is 0.460. The van der Waals surface area contributed by atoms with Crippen molar-refractivity contribution in [2.75, 3.05) is 13.2 Å². The Bertz CT molecular complexity index is 534. The molecule has 0 fully saturated rings. The molecule has 0 amide bonds. The maximum Gasteiger partial charge on any atom is 0.308 e. The lowest BCUT2D eigenvalue weighted by Gasteiger charge is -2.08. The van der Waals surface area contributed by atoms with Crippen molar-refractivity contribution in [3.8, 4) is 17.2 Å². The molecule has 4 heteroatoms. The molecule has 20 heavy (non-hydrogen) atoms. The van der Waals surface area contributed by atoms with Crippen molar-refractivity contribution in [1.82, 2.24) is 0 Å². The molecule has 0 saturated carbocycles. The number of rotatable bonds is 6. The van der Waals surface area contributed by atoms with E-state index in [2.05, 4.69) is 0 Å². The summed E-state index contributed by atoms with van der Waals surface area (Å²) < 4.78 is 16.0. The van der Waals surface area contributed by atoms with E-state index in [1.165, 1.54) is 6.92 Å². The number of ether oxygens (including phenoxy) is 3.